The van der Waals surface area contributed by atoms with E-state index in [1.54, 1.807) is 0 Å². The normalized spacial score (nSPS) is 13.1. The molecule has 0 aromatic heterocycles. The molecule has 0 aliphatic carbocycles. The number of hydrogen-bond acceptors (Lipinski definition) is 7. The number of phosphoric ester groups is 1. The smallest absolute Gasteiger partial charge is 0.462 e. The lowest BCUT2D eigenvalue weighted by Gasteiger charge is -2.24. The van der Waals surface area contributed by atoms with Crippen molar-refractivity contribution in [2.45, 2.75) is 424 Å². The van der Waals surface area contributed by atoms with Crippen molar-refractivity contribution in [2.75, 3.05) is 47.5 Å². The van der Waals surface area contributed by atoms with Crippen LogP contribution in [0, 0.1) is 0 Å². The third-order valence-electron chi connectivity index (χ3n) is 18.2. The standard InChI is InChI=1S/C79H154NO8P/c1-6-8-10-12-14-16-18-20-22-24-26-28-30-32-34-36-38-39-40-42-43-45-47-49-51-53-55-57-59-61-63-65-67-69-71-78(81)85-75-77(76-87-89(83,84)86-74-73-80(3,4)5)88-79(82)72-70-68-66-64-62-60-58-56-54-52-50-48-46-44-41-37-35-33-31-29-27-25-23-21-19-17-15-13-11-9-7-2/h19,21,25,27,77H,6-18,20,22-24,26,28-76H2,1-5H3/p+1/b21-19-,27-25-. The van der Waals surface area contributed by atoms with Crippen molar-refractivity contribution in [3.8, 4) is 0 Å². The molecule has 10 heteroatoms. The average molecular weight is 1280 g/mol. The van der Waals surface area contributed by atoms with Crippen LogP contribution in [-0.4, -0.2) is 74.9 Å². The number of allylic oxidation sites excluding steroid dienone is 4. The lowest BCUT2D eigenvalue weighted by molar-refractivity contribution is -0.870. The van der Waals surface area contributed by atoms with Crippen LogP contribution in [0.2, 0.25) is 0 Å². The summed E-state index contributed by atoms with van der Waals surface area (Å²) in [5.41, 5.74) is 0. The van der Waals surface area contributed by atoms with E-state index in [4.69, 9.17) is 18.5 Å². The van der Waals surface area contributed by atoms with Crippen LogP contribution < -0.4 is 0 Å². The Hall–Kier alpha value is -1.51. The van der Waals surface area contributed by atoms with Gasteiger partial charge in [-0.1, -0.05) is 385 Å². The van der Waals surface area contributed by atoms with Crippen molar-refractivity contribution < 1.29 is 42.1 Å². The number of quaternary nitrogens is 1. The Bertz CT molecular complexity index is 1550. The number of phosphoric acid groups is 1. The molecule has 2 atom stereocenters. The van der Waals surface area contributed by atoms with Gasteiger partial charge in [-0.15, -0.1) is 0 Å². The highest BCUT2D eigenvalue weighted by atomic mass is 31.2. The van der Waals surface area contributed by atoms with E-state index in [0.717, 1.165) is 38.5 Å². The van der Waals surface area contributed by atoms with E-state index in [1.165, 1.54) is 347 Å². The fraction of sp³-hybridized carbons (Fsp3) is 0.924. The van der Waals surface area contributed by atoms with E-state index in [2.05, 4.69) is 38.2 Å². The minimum absolute atomic E-state index is 0.0359. The second kappa shape index (κ2) is 70.8. The van der Waals surface area contributed by atoms with Crippen molar-refractivity contribution >= 4 is 19.8 Å². The molecule has 0 rings (SSSR count). The van der Waals surface area contributed by atoms with Crippen LogP contribution in [0.25, 0.3) is 0 Å². The van der Waals surface area contributed by atoms with Gasteiger partial charge >= 0.3 is 19.8 Å². The van der Waals surface area contributed by atoms with Gasteiger partial charge < -0.3 is 18.9 Å². The first-order chi connectivity index (χ1) is 43.5. The number of carbonyl (C=O) groups is 2. The molecule has 0 aromatic rings. The number of esters is 2. The van der Waals surface area contributed by atoms with Gasteiger partial charge in [-0.2, -0.15) is 0 Å². The summed E-state index contributed by atoms with van der Waals surface area (Å²) in [5.74, 6) is -0.770. The second-order valence-electron chi connectivity index (χ2n) is 28.5. The van der Waals surface area contributed by atoms with E-state index in [0.29, 0.717) is 23.9 Å². The van der Waals surface area contributed by atoms with Gasteiger partial charge in [0, 0.05) is 12.8 Å². The zero-order chi connectivity index (χ0) is 64.8. The first-order valence-corrected chi connectivity index (χ1v) is 41.1. The van der Waals surface area contributed by atoms with Gasteiger partial charge in [0.05, 0.1) is 27.7 Å². The molecule has 0 saturated heterocycles. The molecule has 89 heavy (non-hydrogen) atoms. The monoisotopic (exact) mass is 1280 g/mol. The van der Waals surface area contributed by atoms with Crippen molar-refractivity contribution in [2.24, 2.45) is 0 Å². The summed E-state index contributed by atoms with van der Waals surface area (Å²) >= 11 is 0. The van der Waals surface area contributed by atoms with Crippen LogP contribution in [0.15, 0.2) is 24.3 Å². The average Bonchev–Trinajstić information content (AvgIpc) is 3.60. The van der Waals surface area contributed by atoms with Gasteiger partial charge in [0.25, 0.3) is 0 Å². The number of rotatable bonds is 75. The maximum absolute atomic E-state index is 12.9. The Labute approximate surface area is 555 Å². The second-order valence-corrected chi connectivity index (χ2v) is 29.9. The fourth-order valence-electron chi connectivity index (χ4n) is 12.2. The lowest BCUT2D eigenvalue weighted by Crippen LogP contribution is -2.37. The van der Waals surface area contributed by atoms with Crippen molar-refractivity contribution in [1.82, 2.24) is 0 Å². The molecule has 0 saturated carbocycles. The van der Waals surface area contributed by atoms with Crippen LogP contribution in [0.1, 0.15) is 418 Å². The first kappa shape index (κ1) is 87.5. The molecular weight excluding hydrogens is 1120 g/mol. The van der Waals surface area contributed by atoms with E-state index in [1.807, 2.05) is 21.1 Å². The van der Waals surface area contributed by atoms with Crippen LogP contribution >= 0.6 is 7.82 Å². The summed E-state index contributed by atoms with van der Waals surface area (Å²) in [6, 6.07) is 0. The Morgan fingerprint density at radius 1 is 0.348 bits per heavy atom. The molecule has 1 N–H and O–H groups in total. The van der Waals surface area contributed by atoms with Crippen LogP contribution in [0.4, 0.5) is 0 Å². The third kappa shape index (κ3) is 75.4. The number of likely N-dealkylation sites (N-methyl/N-ethyl adjacent to an activating group) is 1. The molecule has 0 aliphatic rings. The molecule has 528 valence electrons. The summed E-state index contributed by atoms with van der Waals surface area (Å²) in [5, 5.41) is 0. The predicted octanol–water partition coefficient (Wildman–Crippen LogP) is 26.0. The molecule has 0 aromatic carbocycles. The van der Waals surface area contributed by atoms with Crippen molar-refractivity contribution in [3.63, 3.8) is 0 Å². The number of nitrogens with zero attached hydrogens (tertiary/aromatic N) is 1. The molecule has 0 fully saturated rings. The molecule has 2 unspecified atom stereocenters. The third-order valence-corrected chi connectivity index (χ3v) is 19.2. The Morgan fingerprint density at radius 3 is 0.888 bits per heavy atom. The number of ether oxygens (including phenoxy) is 2. The molecule has 0 radical (unpaired) electrons. The zero-order valence-corrected chi connectivity index (χ0v) is 61.4. The van der Waals surface area contributed by atoms with Gasteiger partial charge in [0.15, 0.2) is 6.10 Å². The minimum Gasteiger partial charge on any atom is -0.462 e. The number of hydrogen-bond donors (Lipinski definition) is 1. The molecule has 0 heterocycles. The zero-order valence-electron chi connectivity index (χ0n) is 60.5. The van der Waals surface area contributed by atoms with Gasteiger partial charge in [0.1, 0.15) is 19.8 Å². The lowest BCUT2D eigenvalue weighted by atomic mass is 10.0. The summed E-state index contributed by atoms with van der Waals surface area (Å²) in [4.78, 5) is 36.0. The summed E-state index contributed by atoms with van der Waals surface area (Å²) < 4.78 is 34.8. The molecule has 9 nitrogen and oxygen atoms in total. The Morgan fingerprint density at radius 2 is 0.607 bits per heavy atom. The van der Waals surface area contributed by atoms with E-state index >= 15 is 0 Å². The first-order valence-electron chi connectivity index (χ1n) is 39.6. The highest BCUT2D eigenvalue weighted by molar-refractivity contribution is 7.47. The molecule has 0 spiro atoms. The van der Waals surface area contributed by atoms with Crippen LogP contribution in [0.5, 0.6) is 0 Å². The summed E-state index contributed by atoms with van der Waals surface area (Å²) in [6.45, 7) is 4.51. The molecule has 0 aliphatic heterocycles. The van der Waals surface area contributed by atoms with Crippen LogP contribution in [-0.2, 0) is 32.7 Å². The van der Waals surface area contributed by atoms with Gasteiger partial charge in [-0.05, 0) is 44.9 Å². The summed E-state index contributed by atoms with van der Waals surface area (Å²) in [7, 11) is 1.50. The number of carbonyl (C=O) groups excluding carboxylic acids is 2. The van der Waals surface area contributed by atoms with E-state index in [-0.39, 0.29) is 25.6 Å². The topological polar surface area (TPSA) is 108 Å². The number of unbranched alkanes of at least 4 members (excludes halogenated alkanes) is 57. The van der Waals surface area contributed by atoms with Crippen molar-refractivity contribution in [3.05, 3.63) is 24.3 Å². The molecular formula is C79H155NO8P+. The largest absolute Gasteiger partial charge is 0.472 e. The predicted molar refractivity (Wildman–Crippen MR) is 386 cm³/mol. The SMILES string of the molecule is CCCCCCC/C=C\C/C=C\CCCCCCCCCCCCCCCCCCCCCC(=O)OC(COC(=O)CCCCCCCCCCCCCCCCCCCCCCCCCCCCCCCCCCCC)COP(=O)(O)OCC[N+](C)(C)C. The van der Waals surface area contributed by atoms with E-state index in [9.17, 15) is 19.0 Å². The van der Waals surface area contributed by atoms with Crippen LogP contribution in [0.3, 0.4) is 0 Å². The Balaban J connectivity index is 3.91. The molecule has 0 amide bonds. The van der Waals surface area contributed by atoms with Gasteiger partial charge in [0.2, 0.25) is 0 Å². The summed E-state index contributed by atoms with van der Waals surface area (Å²) in [6.07, 6.45) is 90.4. The quantitative estimate of drug-likeness (QED) is 0.0211. The van der Waals surface area contributed by atoms with Gasteiger partial charge in [-0.25, -0.2) is 4.57 Å². The van der Waals surface area contributed by atoms with Crippen molar-refractivity contribution in [1.29, 1.82) is 0 Å². The van der Waals surface area contributed by atoms with E-state index < -0.39 is 26.5 Å². The maximum Gasteiger partial charge on any atom is 0.472 e. The Kier molecular flexibility index (Phi) is 69.6. The molecule has 0 bridgehead atoms. The highest BCUT2D eigenvalue weighted by Gasteiger charge is 2.27. The highest BCUT2D eigenvalue weighted by Crippen LogP contribution is 2.43. The minimum atomic E-state index is -4.39. The fourth-order valence-corrected chi connectivity index (χ4v) is 12.9. The van der Waals surface area contributed by atoms with Gasteiger partial charge in [-0.3, -0.25) is 18.6 Å². The maximum atomic E-state index is 12.9.